The molecule has 8 nitrogen and oxygen atoms in total. The highest BCUT2D eigenvalue weighted by molar-refractivity contribution is 5.99. The van der Waals surface area contributed by atoms with E-state index in [0.717, 1.165) is 67.2 Å². The van der Waals surface area contributed by atoms with Crippen LogP contribution in [0.1, 0.15) is 19.3 Å². The van der Waals surface area contributed by atoms with E-state index in [-0.39, 0.29) is 0 Å². The maximum atomic E-state index is 4.67. The number of aromatic nitrogens is 7. The molecule has 6 aromatic rings. The topological polar surface area (TPSA) is 108 Å². The lowest BCUT2D eigenvalue weighted by Crippen LogP contribution is -2.18. The van der Waals surface area contributed by atoms with E-state index >= 15 is 0 Å². The van der Waals surface area contributed by atoms with Crippen molar-refractivity contribution in [3.63, 3.8) is 0 Å². The minimum absolute atomic E-state index is 0.551. The maximum absolute atomic E-state index is 4.67. The van der Waals surface area contributed by atoms with Crippen LogP contribution in [-0.4, -0.2) is 35.1 Å². The van der Waals surface area contributed by atoms with Crippen molar-refractivity contribution in [2.45, 2.75) is 19.3 Å². The highest BCUT2D eigenvalue weighted by atomic mass is 15.1. The van der Waals surface area contributed by atoms with Gasteiger partial charge in [-0.25, -0.2) is 4.98 Å². The fourth-order valence-corrected chi connectivity index (χ4v) is 4.87. The third-order valence-electron chi connectivity index (χ3n) is 7.11. The normalized spacial score (nSPS) is 13.6. The van der Waals surface area contributed by atoms with Crippen LogP contribution in [0, 0.1) is 5.92 Å². The summed E-state index contributed by atoms with van der Waals surface area (Å²) in [6.45, 7) is 4.22. The Bertz CT molecular complexity index is 1760. The van der Waals surface area contributed by atoms with E-state index in [2.05, 4.69) is 59.1 Å². The summed E-state index contributed by atoms with van der Waals surface area (Å²) >= 11 is 0. The zero-order valence-electron chi connectivity index (χ0n) is 20.1. The van der Waals surface area contributed by atoms with E-state index in [9.17, 15) is 0 Å². The van der Waals surface area contributed by atoms with Crippen molar-refractivity contribution in [1.29, 1.82) is 0 Å². The molecule has 1 fully saturated rings. The van der Waals surface area contributed by atoms with E-state index in [0.29, 0.717) is 5.92 Å². The smallest absolute Gasteiger partial charge is 0.138 e. The van der Waals surface area contributed by atoms with E-state index in [1.54, 1.807) is 12.4 Å². The highest BCUT2D eigenvalue weighted by Crippen LogP contribution is 2.35. The van der Waals surface area contributed by atoms with Crippen LogP contribution in [0.15, 0.2) is 85.7 Å². The zero-order valence-corrected chi connectivity index (χ0v) is 20.1. The van der Waals surface area contributed by atoms with Gasteiger partial charge >= 0.3 is 0 Å². The van der Waals surface area contributed by atoms with Crippen molar-refractivity contribution < 1.29 is 0 Å². The molecule has 3 N–H and O–H groups in total. The molecule has 0 radical (unpaired) electrons. The number of nitrogens with zero attached hydrogens (tertiary/aromatic N) is 5. The number of rotatable bonds is 6. The summed E-state index contributed by atoms with van der Waals surface area (Å²) in [6, 6.07) is 14.1. The van der Waals surface area contributed by atoms with Crippen molar-refractivity contribution in [3.8, 4) is 33.9 Å². The van der Waals surface area contributed by atoms with Crippen molar-refractivity contribution >= 4 is 27.6 Å². The van der Waals surface area contributed by atoms with Crippen LogP contribution in [-0.2, 0) is 0 Å². The lowest BCUT2D eigenvalue weighted by Gasteiger charge is -2.28. The first-order chi connectivity index (χ1) is 18.2. The molecule has 1 aliphatic carbocycles. The van der Waals surface area contributed by atoms with Crippen LogP contribution in [0.25, 0.3) is 55.8 Å². The Morgan fingerprint density at radius 2 is 1.86 bits per heavy atom. The van der Waals surface area contributed by atoms with Gasteiger partial charge in [-0.3, -0.25) is 20.1 Å². The quantitative estimate of drug-likeness (QED) is 0.254. The number of aromatic amines is 2. The molecule has 7 rings (SSSR count). The molecule has 1 saturated carbocycles. The standard InChI is InChI=1S/C29H24N8/c1-17(18-5-4-6-18)34-20-11-19(14-30-15-20)25-13-23-27(16-33-25)36-37-28(23)26-12-22-21(8-10-32-29(22)35-26)24-7-2-3-9-31-24/h2-3,7-16,18,34H,1,4-6H2,(H,32,35)(H,36,37). The molecule has 0 atom stereocenters. The molecule has 0 spiro atoms. The van der Waals surface area contributed by atoms with Crippen LogP contribution in [0.5, 0.6) is 0 Å². The first kappa shape index (κ1) is 21.4. The number of hydrogen-bond donors (Lipinski definition) is 3. The van der Waals surface area contributed by atoms with Crippen molar-refractivity contribution in [3.05, 3.63) is 85.7 Å². The number of allylic oxidation sites excluding steroid dienone is 1. The predicted octanol–water partition coefficient (Wildman–Crippen LogP) is 6.35. The first-order valence-corrected chi connectivity index (χ1v) is 12.4. The summed E-state index contributed by atoms with van der Waals surface area (Å²) in [4.78, 5) is 21.6. The van der Waals surface area contributed by atoms with Gasteiger partial charge in [-0.2, -0.15) is 5.10 Å². The molecule has 6 aromatic heterocycles. The molecule has 37 heavy (non-hydrogen) atoms. The lowest BCUT2D eigenvalue weighted by molar-refractivity contribution is 0.371. The van der Waals surface area contributed by atoms with Crippen molar-refractivity contribution in [1.82, 2.24) is 35.1 Å². The molecule has 0 amide bonds. The summed E-state index contributed by atoms with van der Waals surface area (Å²) < 4.78 is 0. The molecule has 0 unspecified atom stereocenters. The summed E-state index contributed by atoms with van der Waals surface area (Å²) in [7, 11) is 0. The number of hydrogen-bond acceptors (Lipinski definition) is 6. The van der Waals surface area contributed by atoms with Gasteiger partial charge in [0.25, 0.3) is 0 Å². The van der Waals surface area contributed by atoms with Crippen LogP contribution in [0.3, 0.4) is 0 Å². The SMILES string of the molecule is C=C(Nc1cncc(-c2cc3c(-c4cc5c(-c6ccccn6)ccnc5[nH]4)n[nH]c3cn2)c1)C1CCC1. The van der Waals surface area contributed by atoms with Crippen LogP contribution in [0.2, 0.25) is 0 Å². The minimum Gasteiger partial charge on any atom is -0.358 e. The second-order valence-electron chi connectivity index (χ2n) is 9.45. The van der Waals surface area contributed by atoms with Gasteiger partial charge in [-0.1, -0.05) is 19.1 Å². The van der Waals surface area contributed by atoms with Crippen molar-refractivity contribution in [2.24, 2.45) is 5.92 Å². The molecule has 0 bridgehead atoms. The molecule has 180 valence electrons. The third kappa shape index (κ3) is 3.83. The fraction of sp³-hybridized carbons (Fsp3) is 0.138. The molecular weight excluding hydrogens is 460 g/mol. The van der Waals surface area contributed by atoms with E-state index < -0.39 is 0 Å². The average Bonchev–Trinajstić information content (AvgIpc) is 3.52. The van der Waals surface area contributed by atoms with E-state index in [1.165, 1.54) is 19.3 Å². The number of H-pyrrole nitrogens is 2. The second kappa shape index (κ2) is 8.67. The number of fused-ring (bicyclic) bond motifs is 2. The number of nitrogens with one attached hydrogen (secondary N) is 3. The Balaban J connectivity index is 1.26. The Morgan fingerprint density at radius 3 is 2.70 bits per heavy atom. The summed E-state index contributed by atoms with van der Waals surface area (Å²) in [5.74, 6) is 0.551. The molecular formula is C29H24N8. The van der Waals surface area contributed by atoms with Crippen LogP contribution >= 0.6 is 0 Å². The second-order valence-corrected chi connectivity index (χ2v) is 9.45. The Hall–Kier alpha value is -4.85. The number of anilines is 1. The minimum atomic E-state index is 0.551. The zero-order chi connectivity index (χ0) is 24.8. The van der Waals surface area contributed by atoms with Crippen LogP contribution < -0.4 is 5.32 Å². The van der Waals surface area contributed by atoms with Gasteiger partial charge in [-0.15, -0.1) is 0 Å². The maximum Gasteiger partial charge on any atom is 0.138 e. The third-order valence-corrected chi connectivity index (χ3v) is 7.11. The van der Waals surface area contributed by atoms with Crippen LogP contribution in [0.4, 0.5) is 5.69 Å². The Labute approximate surface area is 212 Å². The van der Waals surface area contributed by atoms with Gasteiger partial charge in [0.05, 0.1) is 40.7 Å². The van der Waals surface area contributed by atoms with Gasteiger partial charge < -0.3 is 10.3 Å². The molecule has 8 heteroatoms. The summed E-state index contributed by atoms with van der Waals surface area (Å²) in [6.07, 6.45) is 12.7. The molecule has 6 heterocycles. The molecule has 0 aliphatic heterocycles. The van der Waals surface area contributed by atoms with Gasteiger partial charge in [0, 0.05) is 46.2 Å². The van der Waals surface area contributed by atoms with Gasteiger partial charge in [0.15, 0.2) is 0 Å². The predicted molar refractivity (Wildman–Crippen MR) is 146 cm³/mol. The largest absolute Gasteiger partial charge is 0.358 e. The first-order valence-electron chi connectivity index (χ1n) is 12.4. The van der Waals surface area contributed by atoms with Crippen molar-refractivity contribution in [2.75, 3.05) is 5.32 Å². The average molecular weight is 485 g/mol. The monoisotopic (exact) mass is 484 g/mol. The fourth-order valence-electron chi connectivity index (χ4n) is 4.87. The van der Waals surface area contributed by atoms with E-state index in [4.69, 9.17) is 0 Å². The lowest BCUT2D eigenvalue weighted by atomic mass is 9.83. The Kier molecular flexibility index (Phi) is 5.02. The Morgan fingerprint density at radius 1 is 0.919 bits per heavy atom. The summed E-state index contributed by atoms with van der Waals surface area (Å²) in [5, 5.41) is 13.1. The molecule has 0 aromatic carbocycles. The van der Waals surface area contributed by atoms with E-state index in [1.807, 2.05) is 48.9 Å². The summed E-state index contributed by atoms with van der Waals surface area (Å²) in [5.41, 5.74) is 8.99. The molecule has 0 saturated heterocycles. The van der Waals surface area contributed by atoms with Gasteiger partial charge in [-0.05, 0) is 55.2 Å². The highest BCUT2D eigenvalue weighted by Gasteiger charge is 2.21. The molecule has 1 aliphatic rings. The van der Waals surface area contributed by atoms with Gasteiger partial charge in [0.1, 0.15) is 11.3 Å². The number of pyridine rings is 4. The van der Waals surface area contributed by atoms with Gasteiger partial charge in [0.2, 0.25) is 0 Å².